The molecule has 1 aliphatic heterocycles. The third-order valence-corrected chi connectivity index (χ3v) is 8.12. The molecule has 6 nitrogen and oxygen atoms in total. The molecule has 2 aromatic rings. The number of nitrogens with two attached hydrogens (primary N) is 1. The molecule has 1 saturated heterocycles. The van der Waals surface area contributed by atoms with E-state index >= 15 is 0 Å². The largest absolute Gasteiger partial charge is 0.395 e. The van der Waals surface area contributed by atoms with E-state index in [2.05, 4.69) is 73.3 Å². The molecule has 8 heteroatoms. The monoisotopic (exact) mass is 620 g/mol. The Morgan fingerprint density at radius 3 is 2.28 bits per heavy atom. The summed E-state index contributed by atoms with van der Waals surface area (Å²) in [6.07, 6.45) is 6.16. The number of carbonyl (C=O) groups excluding carboxylic acids is 1. The predicted octanol–water partition coefficient (Wildman–Crippen LogP) is 5.70. The summed E-state index contributed by atoms with van der Waals surface area (Å²) < 4.78 is 13.6. The molecule has 4 N–H and O–H groups in total. The molecule has 2 aromatic carbocycles. The van der Waals surface area contributed by atoms with E-state index in [1.807, 2.05) is 37.9 Å². The summed E-state index contributed by atoms with van der Waals surface area (Å²) in [4.78, 5) is 15.2. The number of aliphatic hydroxyl groups is 1. The highest BCUT2D eigenvalue weighted by Crippen LogP contribution is 2.32. The van der Waals surface area contributed by atoms with Crippen LogP contribution in [0.5, 0.6) is 0 Å². The lowest BCUT2D eigenvalue weighted by molar-refractivity contribution is -0.118. The maximum Gasteiger partial charge on any atom is 0.209 e. The second kappa shape index (κ2) is 22.6. The van der Waals surface area contributed by atoms with E-state index in [9.17, 15) is 9.18 Å². The highest BCUT2D eigenvalue weighted by molar-refractivity contribution is 7.27. The number of carbonyl (C=O) groups is 1. The molecule has 0 radical (unpaired) electrons. The molecular formula is C35H62FN4O2P. The van der Waals surface area contributed by atoms with Crippen molar-refractivity contribution in [2.45, 2.75) is 98.6 Å². The van der Waals surface area contributed by atoms with Crippen molar-refractivity contribution in [1.82, 2.24) is 15.1 Å². The maximum atomic E-state index is 13.6. The van der Waals surface area contributed by atoms with Gasteiger partial charge in [-0.15, -0.1) is 9.24 Å². The van der Waals surface area contributed by atoms with Gasteiger partial charge in [0.2, 0.25) is 6.41 Å². The van der Waals surface area contributed by atoms with Gasteiger partial charge in [-0.05, 0) is 132 Å². The van der Waals surface area contributed by atoms with E-state index in [-0.39, 0.29) is 18.0 Å². The van der Waals surface area contributed by atoms with Gasteiger partial charge in [-0.1, -0.05) is 38.1 Å². The van der Waals surface area contributed by atoms with Crippen molar-refractivity contribution in [2.24, 2.45) is 5.73 Å². The van der Waals surface area contributed by atoms with E-state index in [4.69, 9.17) is 10.8 Å². The molecule has 1 aliphatic rings. The van der Waals surface area contributed by atoms with Crippen molar-refractivity contribution in [3.05, 3.63) is 64.0 Å². The highest BCUT2D eigenvalue weighted by Gasteiger charge is 2.20. The number of hydrogen-bond acceptors (Lipinski definition) is 5. The summed E-state index contributed by atoms with van der Waals surface area (Å²) in [6.45, 7) is 19.1. The molecule has 1 heterocycles. The van der Waals surface area contributed by atoms with Gasteiger partial charge < -0.3 is 26.0 Å². The number of halogens is 1. The first-order valence-corrected chi connectivity index (χ1v) is 16.5. The van der Waals surface area contributed by atoms with E-state index in [0.29, 0.717) is 12.5 Å². The van der Waals surface area contributed by atoms with Gasteiger partial charge >= 0.3 is 0 Å². The zero-order chi connectivity index (χ0) is 33.0. The fourth-order valence-corrected chi connectivity index (χ4v) is 5.01. The van der Waals surface area contributed by atoms with Gasteiger partial charge in [0, 0.05) is 31.7 Å². The average Bonchev–Trinajstić information content (AvgIpc) is 3.23. The number of likely N-dealkylation sites (tertiary alicyclic amines) is 1. The Hall–Kier alpha value is -1.89. The quantitative estimate of drug-likeness (QED) is 0.248. The van der Waals surface area contributed by atoms with Crippen molar-refractivity contribution in [3.63, 3.8) is 0 Å². The SMILES string of the molecule is CC.CN(CCCc1ccc(P)cc1F)C(C)(C)C.CNCc1cc(C)c(C)cc1C1CCCN(C=O)CC1.NCCO. The molecule has 246 valence electrons. The lowest BCUT2D eigenvalue weighted by Crippen LogP contribution is -2.38. The van der Waals surface area contributed by atoms with Crippen molar-refractivity contribution in [3.8, 4) is 0 Å². The molecule has 0 spiro atoms. The number of aryl methyl sites for hydroxylation is 3. The Morgan fingerprint density at radius 1 is 1.12 bits per heavy atom. The van der Waals surface area contributed by atoms with Gasteiger partial charge in [-0.25, -0.2) is 4.39 Å². The first-order valence-electron chi connectivity index (χ1n) is 15.9. The molecule has 1 amide bonds. The van der Waals surface area contributed by atoms with Crippen LogP contribution in [-0.2, 0) is 17.8 Å². The average molecular weight is 621 g/mol. The van der Waals surface area contributed by atoms with E-state index in [0.717, 1.165) is 69.1 Å². The predicted molar refractivity (Wildman–Crippen MR) is 187 cm³/mol. The van der Waals surface area contributed by atoms with Gasteiger partial charge in [-0.2, -0.15) is 0 Å². The summed E-state index contributed by atoms with van der Waals surface area (Å²) in [5.41, 5.74) is 11.4. The van der Waals surface area contributed by atoms with Crippen LogP contribution in [0.15, 0.2) is 30.3 Å². The molecule has 0 saturated carbocycles. The number of amides is 1. The molecular weight excluding hydrogens is 558 g/mol. The normalized spacial score (nSPS) is 14.8. The van der Waals surface area contributed by atoms with Crippen LogP contribution in [0.25, 0.3) is 0 Å². The molecule has 0 aromatic heterocycles. The first kappa shape index (κ1) is 41.1. The van der Waals surface area contributed by atoms with Gasteiger partial charge in [0.1, 0.15) is 5.82 Å². The number of hydrogen-bond donors (Lipinski definition) is 3. The lowest BCUT2D eigenvalue weighted by atomic mass is 9.86. The Morgan fingerprint density at radius 2 is 1.74 bits per heavy atom. The third-order valence-electron chi connectivity index (χ3n) is 7.77. The number of nitrogens with zero attached hydrogens (tertiary/aromatic N) is 2. The summed E-state index contributed by atoms with van der Waals surface area (Å²) in [6, 6.07) is 10.1. The fraction of sp³-hybridized carbons (Fsp3) is 0.629. The Kier molecular flexibility index (Phi) is 21.6. The second-order valence-electron chi connectivity index (χ2n) is 12.0. The van der Waals surface area contributed by atoms with Crippen LogP contribution < -0.4 is 16.4 Å². The van der Waals surface area contributed by atoms with Crippen molar-refractivity contribution >= 4 is 21.0 Å². The van der Waals surface area contributed by atoms with Crippen LogP contribution >= 0.6 is 9.24 Å². The van der Waals surface area contributed by atoms with E-state index in [1.54, 1.807) is 6.07 Å². The summed E-state index contributed by atoms with van der Waals surface area (Å²) in [5, 5.41) is 11.9. The van der Waals surface area contributed by atoms with E-state index < -0.39 is 0 Å². The van der Waals surface area contributed by atoms with Crippen LogP contribution in [0.2, 0.25) is 0 Å². The summed E-state index contributed by atoms with van der Waals surface area (Å²) >= 11 is 0. The van der Waals surface area contributed by atoms with Crippen molar-refractivity contribution in [1.29, 1.82) is 0 Å². The van der Waals surface area contributed by atoms with Crippen LogP contribution in [0, 0.1) is 19.7 Å². The Bertz CT molecular complexity index is 1040. The van der Waals surface area contributed by atoms with Crippen molar-refractivity contribution in [2.75, 3.05) is 46.9 Å². The Labute approximate surface area is 265 Å². The summed E-state index contributed by atoms with van der Waals surface area (Å²) in [7, 11) is 6.63. The zero-order valence-electron chi connectivity index (χ0n) is 28.6. The first-order chi connectivity index (χ1) is 20.4. The minimum Gasteiger partial charge on any atom is -0.395 e. The van der Waals surface area contributed by atoms with Crippen LogP contribution in [0.1, 0.15) is 94.0 Å². The number of rotatable bonds is 9. The lowest BCUT2D eigenvalue weighted by Gasteiger charge is -2.31. The molecule has 0 aliphatic carbocycles. The fourth-order valence-electron chi connectivity index (χ4n) is 4.77. The molecule has 2 unspecified atom stereocenters. The third kappa shape index (κ3) is 16.1. The van der Waals surface area contributed by atoms with Crippen LogP contribution in [0.4, 0.5) is 4.39 Å². The molecule has 3 rings (SSSR count). The number of nitrogens with one attached hydrogen (secondary N) is 1. The van der Waals surface area contributed by atoms with Crippen LogP contribution in [0.3, 0.4) is 0 Å². The highest BCUT2D eigenvalue weighted by atomic mass is 31.0. The topological polar surface area (TPSA) is 81.8 Å². The summed E-state index contributed by atoms with van der Waals surface area (Å²) in [5.74, 6) is 0.499. The molecule has 1 fully saturated rings. The minimum atomic E-state index is -0.0871. The Balaban J connectivity index is 0.000000701. The molecule has 43 heavy (non-hydrogen) atoms. The molecule has 2 atom stereocenters. The van der Waals surface area contributed by atoms with Gasteiger partial charge in [0.15, 0.2) is 0 Å². The second-order valence-corrected chi connectivity index (χ2v) is 12.7. The number of aliphatic hydroxyl groups excluding tert-OH is 1. The van der Waals surface area contributed by atoms with E-state index in [1.165, 1.54) is 28.7 Å². The molecule has 0 bridgehead atoms. The van der Waals surface area contributed by atoms with Gasteiger partial charge in [-0.3, -0.25) is 4.79 Å². The zero-order valence-corrected chi connectivity index (χ0v) is 29.8. The number of benzene rings is 2. The van der Waals surface area contributed by atoms with Crippen LogP contribution in [-0.4, -0.2) is 73.7 Å². The maximum absolute atomic E-state index is 13.6. The van der Waals surface area contributed by atoms with Gasteiger partial charge in [0.25, 0.3) is 0 Å². The van der Waals surface area contributed by atoms with Crippen molar-refractivity contribution < 1.29 is 14.3 Å². The van der Waals surface area contributed by atoms with Gasteiger partial charge in [0.05, 0.1) is 6.61 Å². The smallest absolute Gasteiger partial charge is 0.209 e. The standard InChI is InChI=1S/C17H26N2O.C14H23FNP.C2H7NO.C2H6/c1-13-9-16(11-18-3)17(10-14(13)2)15-5-4-7-19(12-20)8-6-15;1-14(2,3)16(4)9-5-6-11-7-8-12(17)10-13(11)15;3-1-2-4;1-2/h9-10,12,15,18H,4-8,11H2,1-3H3;7-8,10H,5-6,9,17H2,1-4H3;4H,1-3H2;1-2H3. The minimum absolute atomic E-state index is 0.0871.